The Kier molecular flexibility index (Phi) is 5.88. The number of aryl methyl sites for hydroxylation is 2. The zero-order valence-electron chi connectivity index (χ0n) is 16.9. The standard InChI is InChI=1S/C20H28N4O4/c1-13(2)22-9-10-23(16(12-22)19(26)21-4)18(25)7-8-24-15-11-14(3)5-6-17(15)28-20(24)27/h5-6,11,13,16H,7-10,12H2,1-4H3,(H,21,26). The van der Waals surface area contributed by atoms with Gasteiger partial charge in [0, 0.05) is 45.7 Å². The van der Waals surface area contributed by atoms with Crippen LogP contribution in [-0.4, -0.2) is 64.9 Å². The predicted octanol–water partition coefficient (Wildman–Crippen LogP) is 0.960. The number of nitrogens with zero attached hydrogens (tertiary/aromatic N) is 3. The highest BCUT2D eigenvalue weighted by Gasteiger charge is 2.35. The molecule has 1 saturated heterocycles. The lowest BCUT2D eigenvalue weighted by molar-refractivity contribution is -0.144. The minimum absolute atomic E-state index is 0.133. The first-order valence-electron chi connectivity index (χ1n) is 9.67. The molecule has 28 heavy (non-hydrogen) atoms. The van der Waals surface area contributed by atoms with Gasteiger partial charge >= 0.3 is 5.76 Å². The number of benzene rings is 1. The van der Waals surface area contributed by atoms with Crippen molar-refractivity contribution in [1.29, 1.82) is 0 Å². The van der Waals surface area contributed by atoms with Crippen LogP contribution in [0.5, 0.6) is 0 Å². The number of carbonyl (C=O) groups excluding carboxylic acids is 2. The van der Waals surface area contributed by atoms with Crippen LogP contribution in [0.3, 0.4) is 0 Å². The first-order chi connectivity index (χ1) is 13.3. The number of piperazine rings is 1. The Hall–Kier alpha value is -2.61. The molecule has 2 amide bonds. The highest BCUT2D eigenvalue weighted by Crippen LogP contribution is 2.17. The zero-order chi connectivity index (χ0) is 20.4. The van der Waals surface area contributed by atoms with E-state index in [-0.39, 0.29) is 24.8 Å². The summed E-state index contributed by atoms with van der Waals surface area (Å²) in [6.07, 6.45) is 0.137. The lowest BCUT2D eigenvalue weighted by atomic mass is 10.1. The van der Waals surface area contributed by atoms with E-state index in [1.165, 1.54) is 4.57 Å². The largest absolute Gasteiger partial charge is 0.419 e. The highest BCUT2D eigenvalue weighted by molar-refractivity contribution is 5.88. The van der Waals surface area contributed by atoms with E-state index >= 15 is 0 Å². The normalized spacial score (nSPS) is 18.0. The summed E-state index contributed by atoms with van der Waals surface area (Å²) in [6, 6.07) is 5.30. The Bertz CT molecular complexity index is 930. The number of hydrogen-bond donors (Lipinski definition) is 1. The molecule has 3 rings (SSSR count). The molecule has 2 heterocycles. The Morgan fingerprint density at radius 1 is 1.29 bits per heavy atom. The maximum atomic E-state index is 12.9. The van der Waals surface area contributed by atoms with Crippen LogP contribution in [0, 0.1) is 6.92 Å². The van der Waals surface area contributed by atoms with Gasteiger partial charge in [-0.25, -0.2) is 4.79 Å². The van der Waals surface area contributed by atoms with Crippen molar-refractivity contribution in [3.8, 4) is 0 Å². The number of aromatic nitrogens is 1. The number of likely N-dealkylation sites (N-methyl/N-ethyl adjacent to an activating group) is 1. The van der Waals surface area contributed by atoms with Crippen molar-refractivity contribution < 1.29 is 14.0 Å². The molecule has 1 atom stereocenters. The zero-order valence-corrected chi connectivity index (χ0v) is 16.9. The van der Waals surface area contributed by atoms with E-state index in [0.717, 1.165) is 12.1 Å². The first-order valence-corrected chi connectivity index (χ1v) is 9.67. The van der Waals surface area contributed by atoms with Crippen LogP contribution in [0.25, 0.3) is 11.1 Å². The molecule has 0 aliphatic carbocycles. The van der Waals surface area contributed by atoms with E-state index < -0.39 is 11.8 Å². The molecule has 0 saturated carbocycles. The number of carbonyl (C=O) groups is 2. The van der Waals surface area contributed by atoms with Crippen molar-refractivity contribution in [3.05, 3.63) is 34.3 Å². The molecule has 0 spiro atoms. The number of rotatable bonds is 5. The average Bonchev–Trinajstić information content (AvgIpc) is 2.99. The summed E-state index contributed by atoms with van der Waals surface area (Å²) in [5, 5.41) is 2.66. The van der Waals surface area contributed by atoms with Crippen LogP contribution in [0.15, 0.2) is 27.4 Å². The Labute approximate surface area is 164 Å². The smallest absolute Gasteiger partial charge is 0.408 e. The summed E-state index contributed by atoms with van der Waals surface area (Å²) < 4.78 is 6.75. The van der Waals surface area contributed by atoms with Crippen LogP contribution in [0.2, 0.25) is 0 Å². The lowest BCUT2D eigenvalue weighted by Gasteiger charge is -2.42. The van der Waals surface area contributed by atoms with Crippen LogP contribution < -0.4 is 11.1 Å². The maximum absolute atomic E-state index is 12.9. The number of oxazole rings is 1. The number of amides is 2. The number of fused-ring (bicyclic) bond motifs is 1. The van der Waals surface area contributed by atoms with Crippen LogP contribution >= 0.6 is 0 Å². The molecule has 1 fully saturated rings. The van der Waals surface area contributed by atoms with Gasteiger partial charge in [-0.3, -0.25) is 19.1 Å². The Balaban J connectivity index is 1.75. The van der Waals surface area contributed by atoms with Crippen molar-refractivity contribution in [2.45, 2.75) is 45.8 Å². The summed E-state index contributed by atoms with van der Waals surface area (Å²) in [4.78, 5) is 41.3. The molecule has 8 heteroatoms. The summed E-state index contributed by atoms with van der Waals surface area (Å²) in [5.41, 5.74) is 2.21. The number of nitrogens with one attached hydrogen (secondary N) is 1. The molecule has 1 aliphatic heterocycles. The fourth-order valence-electron chi connectivity index (χ4n) is 3.70. The topological polar surface area (TPSA) is 87.8 Å². The summed E-state index contributed by atoms with van der Waals surface area (Å²) >= 11 is 0. The molecule has 0 radical (unpaired) electrons. The second-order valence-corrected chi connectivity index (χ2v) is 7.55. The first kappa shape index (κ1) is 20.1. The Morgan fingerprint density at radius 3 is 2.71 bits per heavy atom. The monoisotopic (exact) mass is 388 g/mol. The molecule has 8 nitrogen and oxygen atoms in total. The van der Waals surface area contributed by atoms with Gasteiger partial charge < -0.3 is 14.6 Å². The van der Waals surface area contributed by atoms with Gasteiger partial charge in [0.1, 0.15) is 6.04 Å². The second kappa shape index (κ2) is 8.18. The van der Waals surface area contributed by atoms with Gasteiger partial charge in [0.2, 0.25) is 11.8 Å². The molecular weight excluding hydrogens is 360 g/mol. The van der Waals surface area contributed by atoms with Crippen LogP contribution in [0.1, 0.15) is 25.8 Å². The SMILES string of the molecule is CNC(=O)C1CN(C(C)C)CCN1C(=O)CCn1c(=O)oc2ccc(C)cc21. The molecule has 1 aromatic carbocycles. The average molecular weight is 388 g/mol. The van der Waals surface area contributed by atoms with Crippen molar-refractivity contribution in [2.24, 2.45) is 0 Å². The van der Waals surface area contributed by atoms with Crippen molar-refractivity contribution in [3.63, 3.8) is 0 Å². The minimum Gasteiger partial charge on any atom is -0.408 e. The van der Waals surface area contributed by atoms with Crippen molar-refractivity contribution in [1.82, 2.24) is 19.7 Å². The Morgan fingerprint density at radius 2 is 2.04 bits per heavy atom. The molecule has 1 unspecified atom stereocenters. The van der Waals surface area contributed by atoms with Crippen molar-refractivity contribution in [2.75, 3.05) is 26.7 Å². The van der Waals surface area contributed by atoms with E-state index in [0.29, 0.717) is 30.2 Å². The summed E-state index contributed by atoms with van der Waals surface area (Å²) in [6.45, 7) is 8.05. The van der Waals surface area contributed by atoms with Gasteiger partial charge in [-0.2, -0.15) is 0 Å². The van der Waals surface area contributed by atoms with Crippen LogP contribution in [-0.2, 0) is 16.1 Å². The molecule has 2 aromatic rings. The maximum Gasteiger partial charge on any atom is 0.419 e. The third-order valence-electron chi connectivity index (χ3n) is 5.38. The third-order valence-corrected chi connectivity index (χ3v) is 5.38. The van der Waals surface area contributed by atoms with E-state index in [9.17, 15) is 14.4 Å². The van der Waals surface area contributed by atoms with Crippen LogP contribution in [0.4, 0.5) is 0 Å². The fraction of sp³-hybridized carbons (Fsp3) is 0.550. The van der Waals surface area contributed by atoms with Gasteiger partial charge in [-0.15, -0.1) is 0 Å². The molecule has 0 bridgehead atoms. The summed E-state index contributed by atoms with van der Waals surface area (Å²) in [5.74, 6) is -0.771. The molecule has 152 valence electrons. The minimum atomic E-state index is -0.520. The van der Waals surface area contributed by atoms with E-state index in [4.69, 9.17) is 4.42 Å². The van der Waals surface area contributed by atoms with Gasteiger partial charge in [0.05, 0.1) is 5.52 Å². The van der Waals surface area contributed by atoms with E-state index in [1.54, 1.807) is 18.0 Å². The fourth-order valence-corrected chi connectivity index (χ4v) is 3.70. The van der Waals surface area contributed by atoms with Gasteiger partial charge in [0.25, 0.3) is 0 Å². The molecule has 1 aliphatic rings. The van der Waals surface area contributed by atoms with Gasteiger partial charge in [0.15, 0.2) is 5.58 Å². The molecule has 1 aromatic heterocycles. The quantitative estimate of drug-likeness (QED) is 0.824. The number of hydrogen-bond acceptors (Lipinski definition) is 5. The van der Waals surface area contributed by atoms with Gasteiger partial charge in [-0.05, 0) is 38.5 Å². The highest BCUT2D eigenvalue weighted by atomic mass is 16.4. The second-order valence-electron chi connectivity index (χ2n) is 7.55. The van der Waals surface area contributed by atoms with E-state index in [2.05, 4.69) is 24.1 Å². The summed E-state index contributed by atoms with van der Waals surface area (Å²) in [7, 11) is 1.58. The van der Waals surface area contributed by atoms with Crippen molar-refractivity contribution >= 4 is 22.9 Å². The molecular formula is C20H28N4O4. The molecule has 1 N–H and O–H groups in total. The van der Waals surface area contributed by atoms with E-state index in [1.807, 2.05) is 19.1 Å². The lowest BCUT2D eigenvalue weighted by Crippen LogP contribution is -2.61. The predicted molar refractivity (Wildman–Crippen MR) is 106 cm³/mol. The third kappa shape index (κ3) is 3.96. The van der Waals surface area contributed by atoms with Gasteiger partial charge in [-0.1, -0.05) is 6.07 Å².